The third-order valence-corrected chi connectivity index (χ3v) is 2.97. The number of hydrogen-bond acceptors (Lipinski definition) is 10. The average molecular weight is 348 g/mol. The fourth-order valence-corrected chi connectivity index (χ4v) is 2.21. The van der Waals surface area contributed by atoms with E-state index in [1.54, 1.807) is 0 Å². The van der Waals surface area contributed by atoms with Crippen molar-refractivity contribution in [3.63, 3.8) is 0 Å². The van der Waals surface area contributed by atoms with Gasteiger partial charge in [0.25, 0.3) is 0 Å². The van der Waals surface area contributed by atoms with Gasteiger partial charge in [-0.25, -0.2) is 0 Å². The summed E-state index contributed by atoms with van der Waals surface area (Å²) in [7, 11) is 0. The summed E-state index contributed by atoms with van der Waals surface area (Å²) in [5.74, 6) is -2.87. The Balaban J connectivity index is 3.11. The third kappa shape index (κ3) is 5.78. The van der Waals surface area contributed by atoms with Crippen LogP contribution in [0.15, 0.2) is 0 Å². The van der Waals surface area contributed by atoms with Gasteiger partial charge in [-0.2, -0.15) is 0 Å². The van der Waals surface area contributed by atoms with Crippen LogP contribution < -0.4 is 0 Å². The molecule has 1 heterocycles. The zero-order valence-electron chi connectivity index (χ0n) is 13.7. The van der Waals surface area contributed by atoms with Crippen molar-refractivity contribution in [1.82, 2.24) is 0 Å². The molecule has 0 radical (unpaired) electrons. The first-order valence-electron chi connectivity index (χ1n) is 7.10. The van der Waals surface area contributed by atoms with Gasteiger partial charge in [0.05, 0.1) is 0 Å². The van der Waals surface area contributed by atoms with Gasteiger partial charge in [-0.1, -0.05) is 0 Å². The minimum atomic E-state index is -1.68. The molecule has 3 unspecified atom stereocenters. The molecule has 1 N–H and O–H groups in total. The van der Waals surface area contributed by atoms with E-state index in [2.05, 4.69) is 0 Å². The summed E-state index contributed by atoms with van der Waals surface area (Å²) in [6, 6.07) is 0. The maximum absolute atomic E-state index is 11.3. The van der Waals surface area contributed by atoms with Crippen LogP contribution in [0.5, 0.6) is 0 Å². The molecular weight excluding hydrogens is 328 g/mol. The topological polar surface area (TPSA) is 135 Å². The van der Waals surface area contributed by atoms with E-state index in [0.29, 0.717) is 0 Å². The summed E-state index contributed by atoms with van der Waals surface area (Å²) in [5, 5.41) is 10.0. The molecule has 24 heavy (non-hydrogen) atoms. The molecule has 0 saturated carbocycles. The molecule has 10 nitrogen and oxygen atoms in total. The zero-order chi connectivity index (χ0) is 18.4. The quantitative estimate of drug-likeness (QED) is 0.490. The largest absolute Gasteiger partial charge is 0.463 e. The number of ether oxygens (including phenoxy) is 5. The maximum Gasteiger partial charge on any atom is 0.303 e. The Hall–Kier alpha value is -2.20. The first kappa shape index (κ1) is 19.8. The SMILES string of the molecule is CC(=O)OCC1OC(O)[C@@H](OC(C)=O)C(OC(C)=O)[C@H]1OC(C)=O. The predicted molar refractivity (Wildman–Crippen MR) is 74.2 cm³/mol. The smallest absolute Gasteiger partial charge is 0.303 e. The van der Waals surface area contributed by atoms with E-state index in [-0.39, 0.29) is 6.61 Å². The van der Waals surface area contributed by atoms with Crippen molar-refractivity contribution in [1.29, 1.82) is 0 Å². The zero-order valence-corrected chi connectivity index (χ0v) is 13.7. The van der Waals surface area contributed by atoms with E-state index >= 15 is 0 Å². The van der Waals surface area contributed by atoms with Gasteiger partial charge >= 0.3 is 23.9 Å². The number of aliphatic hydroxyl groups excluding tert-OH is 1. The van der Waals surface area contributed by atoms with E-state index in [1.165, 1.54) is 0 Å². The highest BCUT2D eigenvalue weighted by molar-refractivity contribution is 5.68. The predicted octanol–water partition coefficient (Wildman–Crippen LogP) is -0.938. The molecule has 0 spiro atoms. The normalized spacial score (nSPS) is 29.3. The van der Waals surface area contributed by atoms with Crippen molar-refractivity contribution < 1.29 is 48.0 Å². The Morgan fingerprint density at radius 3 is 1.71 bits per heavy atom. The number of rotatable bonds is 5. The molecule has 0 aromatic carbocycles. The summed E-state index contributed by atoms with van der Waals surface area (Å²) in [5.41, 5.74) is 0. The summed E-state index contributed by atoms with van der Waals surface area (Å²) in [6.07, 6.45) is -6.79. The molecule has 0 aliphatic carbocycles. The van der Waals surface area contributed by atoms with Crippen LogP contribution in [0.4, 0.5) is 0 Å². The van der Waals surface area contributed by atoms with Gasteiger partial charge in [0.2, 0.25) is 0 Å². The molecule has 1 rings (SSSR count). The summed E-state index contributed by atoms with van der Waals surface area (Å²) >= 11 is 0. The number of carbonyl (C=O) groups is 4. The maximum atomic E-state index is 11.3. The summed E-state index contributed by atoms with van der Waals surface area (Å²) < 4.78 is 25.0. The van der Waals surface area contributed by atoms with Crippen LogP contribution in [0.25, 0.3) is 0 Å². The highest BCUT2D eigenvalue weighted by Gasteiger charge is 2.51. The van der Waals surface area contributed by atoms with E-state index in [0.717, 1.165) is 27.7 Å². The van der Waals surface area contributed by atoms with Crippen molar-refractivity contribution in [2.75, 3.05) is 6.61 Å². The number of aliphatic hydroxyl groups is 1. The lowest BCUT2D eigenvalue weighted by Crippen LogP contribution is -2.62. The Morgan fingerprint density at radius 2 is 1.25 bits per heavy atom. The molecule has 5 atom stereocenters. The van der Waals surface area contributed by atoms with E-state index in [9.17, 15) is 24.3 Å². The van der Waals surface area contributed by atoms with E-state index in [4.69, 9.17) is 23.7 Å². The lowest BCUT2D eigenvalue weighted by molar-refractivity contribution is -0.296. The third-order valence-electron chi connectivity index (χ3n) is 2.97. The monoisotopic (exact) mass is 348 g/mol. The van der Waals surface area contributed by atoms with Crippen molar-refractivity contribution >= 4 is 23.9 Å². The molecule has 0 aromatic rings. The second kappa shape index (κ2) is 8.60. The van der Waals surface area contributed by atoms with Crippen LogP contribution in [0.3, 0.4) is 0 Å². The number of hydrogen-bond donors (Lipinski definition) is 1. The highest BCUT2D eigenvalue weighted by Crippen LogP contribution is 2.28. The molecule has 1 aliphatic heterocycles. The van der Waals surface area contributed by atoms with E-state index < -0.39 is 54.6 Å². The first-order chi connectivity index (χ1) is 11.1. The molecule has 1 fully saturated rings. The van der Waals surface area contributed by atoms with Crippen LogP contribution in [0, 0.1) is 0 Å². The molecule has 10 heteroatoms. The van der Waals surface area contributed by atoms with E-state index in [1.807, 2.05) is 0 Å². The minimum Gasteiger partial charge on any atom is -0.463 e. The van der Waals surface area contributed by atoms with Crippen LogP contribution in [0.1, 0.15) is 27.7 Å². The van der Waals surface area contributed by atoms with Crippen molar-refractivity contribution in [2.45, 2.75) is 58.4 Å². The second-order valence-electron chi connectivity index (χ2n) is 5.09. The lowest BCUT2D eigenvalue weighted by atomic mass is 9.98. The Bertz CT molecular complexity index is 502. The Labute approximate surface area is 137 Å². The molecule has 0 aromatic heterocycles. The molecule has 1 saturated heterocycles. The Morgan fingerprint density at radius 1 is 0.792 bits per heavy atom. The minimum absolute atomic E-state index is 0.366. The van der Waals surface area contributed by atoms with Gasteiger partial charge in [0, 0.05) is 27.7 Å². The number of esters is 4. The van der Waals surface area contributed by atoms with Crippen molar-refractivity contribution in [2.24, 2.45) is 0 Å². The van der Waals surface area contributed by atoms with Gasteiger partial charge < -0.3 is 28.8 Å². The average Bonchev–Trinajstić information content (AvgIpc) is 2.42. The first-order valence-corrected chi connectivity index (χ1v) is 7.10. The van der Waals surface area contributed by atoms with Crippen LogP contribution >= 0.6 is 0 Å². The highest BCUT2D eigenvalue weighted by atomic mass is 16.7. The second-order valence-corrected chi connectivity index (χ2v) is 5.09. The summed E-state index contributed by atoms with van der Waals surface area (Å²) in [6.45, 7) is 4.09. The van der Waals surface area contributed by atoms with Crippen molar-refractivity contribution in [3.05, 3.63) is 0 Å². The van der Waals surface area contributed by atoms with Crippen molar-refractivity contribution in [3.8, 4) is 0 Å². The van der Waals surface area contributed by atoms with Gasteiger partial charge in [-0.05, 0) is 0 Å². The lowest BCUT2D eigenvalue weighted by Gasteiger charge is -2.42. The van der Waals surface area contributed by atoms with Crippen LogP contribution in [0.2, 0.25) is 0 Å². The Kier molecular flexibility index (Phi) is 7.11. The van der Waals surface area contributed by atoms with Gasteiger partial charge in [0.15, 0.2) is 24.6 Å². The standard InChI is InChI=1S/C14H20O10/c1-6(15)20-5-10-11(21-7(2)16)12(22-8(3)17)13(14(19)24-10)23-9(4)18/h10-14,19H,5H2,1-4H3/t10?,11-,12?,13-,14?/m0/s1. The molecule has 0 bridgehead atoms. The van der Waals surface area contributed by atoms with Gasteiger partial charge in [-0.15, -0.1) is 0 Å². The molecular formula is C14H20O10. The van der Waals surface area contributed by atoms with Gasteiger partial charge in [-0.3, -0.25) is 19.2 Å². The molecule has 136 valence electrons. The molecule has 1 aliphatic rings. The summed E-state index contributed by atoms with van der Waals surface area (Å²) in [4.78, 5) is 44.9. The van der Waals surface area contributed by atoms with Gasteiger partial charge in [0.1, 0.15) is 12.7 Å². The van der Waals surface area contributed by atoms with Crippen LogP contribution in [-0.4, -0.2) is 66.3 Å². The fraction of sp³-hybridized carbons (Fsp3) is 0.714. The number of carbonyl (C=O) groups excluding carboxylic acids is 4. The fourth-order valence-electron chi connectivity index (χ4n) is 2.21. The molecule has 0 amide bonds. The van der Waals surface area contributed by atoms with Crippen LogP contribution in [-0.2, 0) is 42.9 Å².